The van der Waals surface area contributed by atoms with E-state index in [4.69, 9.17) is 4.74 Å². The summed E-state index contributed by atoms with van der Waals surface area (Å²) >= 11 is 0. The monoisotopic (exact) mass is 269 g/mol. The molecule has 1 aromatic carbocycles. The number of amides is 1. The topological polar surface area (TPSA) is 63.2 Å². The van der Waals surface area contributed by atoms with Gasteiger partial charge in [0.05, 0.1) is 17.9 Å². The predicted octanol–water partition coefficient (Wildman–Crippen LogP) is 1.99. The molecule has 1 atom stereocenters. The highest BCUT2D eigenvalue weighted by atomic mass is 16.5. The lowest BCUT2D eigenvalue weighted by atomic mass is 10.1. The Balaban J connectivity index is 1.73. The lowest BCUT2D eigenvalue weighted by Gasteiger charge is -2.11. The second kappa shape index (κ2) is 5.21. The maximum Gasteiger partial charge on any atom is 0.270 e. The molecule has 5 heteroatoms. The standard InChI is InChI=1S/C15H15N3O2/c1-16-10-6-7-12(17-8-10)15(19)18-13-9-20-14-5-3-2-4-11(13)14/h2-8,13,16H,9H2,1H3,(H,18,19). The minimum atomic E-state index is -0.196. The Kier molecular flexibility index (Phi) is 3.25. The van der Waals surface area contributed by atoms with Crippen molar-refractivity contribution in [3.05, 3.63) is 53.9 Å². The van der Waals surface area contributed by atoms with E-state index in [0.717, 1.165) is 17.0 Å². The van der Waals surface area contributed by atoms with Crippen molar-refractivity contribution in [1.29, 1.82) is 0 Å². The smallest absolute Gasteiger partial charge is 0.270 e. The maximum absolute atomic E-state index is 12.2. The summed E-state index contributed by atoms with van der Waals surface area (Å²) in [6, 6.07) is 11.1. The van der Waals surface area contributed by atoms with Gasteiger partial charge in [-0.2, -0.15) is 0 Å². The van der Waals surface area contributed by atoms with E-state index in [9.17, 15) is 4.79 Å². The van der Waals surface area contributed by atoms with Gasteiger partial charge < -0.3 is 15.4 Å². The van der Waals surface area contributed by atoms with Crippen molar-refractivity contribution in [2.75, 3.05) is 19.0 Å². The zero-order valence-electron chi connectivity index (χ0n) is 11.1. The Hall–Kier alpha value is -2.56. The summed E-state index contributed by atoms with van der Waals surface area (Å²) in [6.07, 6.45) is 1.63. The number of rotatable bonds is 3. The molecule has 2 heterocycles. The first-order valence-corrected chi connectivity index (χ1v) is 6.44. The number of carbonyl (C=O) groups is 1. The van der Waals surface area contributed by atoms with E-state index in [2.05, 4.69) is 15.6 Å². The molecule has 1 aromatic heterocycles. The molecule has 2 aromatic rings. The van der Waals surface area contributed by atoms with Crippen molar-refractivity contribution in [2.45, 2.75) is 6.04 Å². The van der Waals surface area contributed by atoms with E-state index in [-0.39, 0.29) is 11.9 Å². The first-order chi connectivity index (χ1) is 9.78. The lowest BCUT2D eigenvalue weighted by molar-refractivity contribution is 0.0925. The molecule has 20 heavy (non-hydrogen) atoms. The van der Waals surface area contributed by atoms with Gasteiger partial charge in [-0.05, 0) is 18.2 Å². The second-order valence-electron chi connectivity index (χ2n) is 4.56. The third-order valence-corrected chi connectivity index (χ3v) is 3.29. The lowest BCUT2D eigenvalue weighted by Crippen LogP contribution is -2.30. The van der Waals surface area contributed by atoms with E-state index in [1.54, 1.807) is 12.3 Å². The number of ether oxygens (including phenoxy) is 1. The minimum Gasteiger partial charge on any atom is -0.491 e. The number of hydrogen-bond donors (Lipinski definition) is 2. The zero-order chi connectivity index (χ0) is 13.9. The SMILES string of the molecule is CNc1ccc(C(=O)NC2COc3ccccc32)nc1. The number of fused-ring (bicyclic) bond motifs is 1. The average Bonchev–Trinajstić information content (AvgIpc) is 2.91. The Bertz CT molecular complexity index is 625. The molecule has 0 saturated heterocycles. The van der Waals surface area contributed by atoms with Crippen LogP contribution in [0.4, 0.5) is 5.69 Å². The number of aromatic nitrogens is 1. The van der Waals surface area contributed by atoms with Crippen LogP contribution in [-0.2, 0) is 0 Å². The van der Waals surface area contributed by atoms with Crippen molar-refractivity contribution < 1.29 is 9.53 Å². The van der Waals surface area contributed by atoms with Crippen LogP contribution < -0.4 is 15.4 Å². The molecule has 0 aliphatic carbocycles. The van der Waals surface area contributed by atoms with Crippen LogP contribution in [0.25, 0.3) is 0 Å². The van der Waals surface area contributed by atoms with Crippen LogP contribution in [0.5, 0.6) is 5.75 Å². The van der Waals surface area contributed by atoms with Crippen LogP contribution >= 0.6 is 0 Å². The minimum absolute atomic E-state index is 0.121. The van der Waals surface area contributed by atoms with Crippen LogP contribution in [0.2, 0.25) is 0 Å². The van der Waals surface area contributed by atoms with Crippen LogP contribution in [0.1, 0.15) is 22.1 Å². The van der Waals surface area contributed by atoms with Crippen molar-refractivity contribution in [3.63, 3.8) is 0 Å². The van der Waals surface area contributed by atoms with Gasteiger partial charge in [0.2, 0.25) is 0 Å². The molecule has 3 rings (SSSR count). The van der Waals surface area contributed by atoms with E-state index < -0.39 is 0 Å². The predicted molar refractivity (Wildman–Crippen MR) is 75.9 cm³/mol. The van der Waals surface area contributed by atoms with Crippen molar-refractivity contribution in [3.8, 4) is 5.75 Å². The first kappa shape index (κ1) is 12.5. The van der Waals surface area contributed by atoms with Crippen LogP contribution in [0, 0.1) is 0 Å². The van der Waals surface area contributed by atoms with Gasteiger partial charge in [0.25, 0.3) is 5.91 Å². The third-order valence-electron chi connectivity index (χ3n) is 3.29. The number of carbonyl (C=O) groups excluding carboxylic acids is 1. The number of hydrogen-bond acceptors (Lipinski definition) is 4. The summed E-state index contributed by atoms with van der Waals surface area (Å²) in [4.78, 5) is 16.3. The molecule has 2 N–H and O–H groups in total. The normalized spacial score (nSPS) is 16.1. The highest BCUT2D eigenvalue weighted by molar-refractivity contribution is 5.92. The molecule has 0 spiro atoms. The molecule has 0 radical (unpaired) electrons. The van der Waals surface area contributed by atoms with Crippen LogP contribution in [-0.4, -0.2) is 24.5 Å². The van der Waals surface area contributed by atoms with Gasteiger partial charge in [-0.25, -0.2) is 4.98 Å². The van der Waals surface area contributed by atoms with Gasteiger partial charge in [0.15, 0.2) is 0 Å². The molecule has 1 aliphatic rings. The fourth-order valence-corrected chi connectivity index (χ4v) is 2.19. The molecular weight excluding hydrogens is 254 g/mol. The molecule has 0 fully saturated rings. The fraction of sp³-hybridized carbons (Fsp3) is 0.200. The number of benzene rings is 1. The van der Waals surface area contributed by atoms with E-state index in [0.29, 0.717) is 12.3 Å². The van der Waals surface area contributed by atoms with Gasteiger partial charge in [0, 0.05) is 12.6 Å². The van der Waals surface area contributed by atoms with Crippen LogP contribution in [0.3, 0.4) is 0 Å². The first-order valence-electron chi connectivity index (χ1n) is 6.44. The Morgan fingerprint density at radius 2 is 2.15 bits per heavy atom. The van der Waals surface area contributed by atoms with Crippen molar-refractivity contribution in [1.82, 2.24) is 10.3 Å². The summed E-state index contributed by atoms with van der Waals surface area (Å²) in [6.45, 7) is 0.458. The summed E-state index contributed by atoms with van der Waals surface area (Å²) in [7, 11) is 1.81. The Labute approximate surface area is 117 Å². The van der Waals surface area contributed by atoms with E-state index in [1.807, 2.05) is 37.4 Å². The summed E-state index contributed by atoms with van der Waals surface area (Å²) in [5.74, 6) is 0.634. The highest BCUT2D eigenvalue weighted by Crippen LogP contribution is 2.31. The van der Waals surface area contributed by atoms with Crippen molar-refractivity contribution >= 4 is 11.6 Å². The zero-order valence-corrected chi connectivity index (χ0v) is 11.1. The third kappa shape index (κ3) is 2.30. The Morgan fingerprint density at radius 3 is 2.90 bits per heavy atom. The average molecular weight is 269 g/mol. The largest absolute Gasteiger partial charge is 0.491 e. The highest BCUT2D eigenvalue weighted by Gasteiger charge is 2.25. The molecule has 1 unspecified atom stereocenters. The quantitative estimate of drug-likeness (QED) is 0.894. The van der Waals surface area contributed by atoms with Gasteiger partial charge in [0.1, 0.15) is 18.1 Å². The second-order valence-corrected chi connectivity index (χ2v) is 4.56. The molecule has 1 amide bonds. The van der Waals surface area contributed by atoms with Crippen LogP contribution in [0.15, 0.2) is 42.6 Å². The molecular formula is C15H15N3O2. The summed E-state index contributed by atoms with van der Waals surface area (Å²) in [5, 5.41) is 5.91. The Morgan fingerprint density at radius 1 is 1.30 bits per heavy atom. The van der Waals surface area contributed by atoms with Gasteiger partial charge in [-0.1, -0.05) is 18.2 Å². The molecule has 5 nitrogen and oxygen atoms in total. The van der Waals surface area contributed by atoms with E-state index >= 15 is 0 Å². The maximum atomic E-state index is 12.2. The number of nitrogens with one attached hydrogen (secondary N) is 2. The summed E-state index contributed by atoms with van der Waals surface area (Å²) in [5.41, 5.74) is 2.28. The number of anilines is 1. The summed E-state index contributed by atoms with van der Waals surface area (Å²) < 4.78 is 5.54. The van der Waals surface area contributed by atoms with Crippen molar-refractivity contribution in [2.24, 2.45) is 0 Å². The van der Waals surface area contributed by atoms with Gasteiger partial charge in [-0.3, -0.25) is 4.79 Å². The van der Waals surface area contributed by atoms with Gasteiger partial charge >= 0.3 is 0 Å². The molecule has 1 aliphatic heterocycles. The van der Waals surface area contributed by atoms with Gasteiger partial charge in [-0.15, -0.1) is 0 Å². The number of para-hydroxylation sites is 1. The number of nitrogens with zero attached hydrogens (tertiary/aromatic N) is 1. The fourth-order valence-electron chi connectivity index (χ4n) is 2.19. The number of pyridine rings is 1. The van der Waals surface area contributed by atoms with E-state index in [1.165, 1.54) is 0 Å². The molecule has 102 valence electrons. The molecule has 0 bridgehead atoms. The molecule has 0 saturated carbocycles.